The molecule has 0 aliphatic heterocycles. The fraction of sp³-hybridized carbons (Fsp3) is 0.136. The van der Waals surface area contributed by atoms with Gasteiger partial charge in [0.05, 0.1) is 36.3 Å². The van der Waals surface area contributed by atoms with Crippen molar-refractivity contribution in [3.63, 3.8) is 0 Å². The number of carbonyl (C=O) groups excluding carboxylic acids is 1. The molecule has 2 aromatic carbocycles. The maximum absolute atomic E-state index is 13.3. The van der Waals surface area contributed by atoms with Gasteiger partial charge in [0.2, 0.25) is 5.91 Å². The Morgan fingerprint density at radius 1 is 1.16 bits per heavy atom. The number of halogens is 2. The molecular weight excluding hydrogens is 441 g/mol. The number of anilines is 1. The molecule has 0 aliphatic carbocycles. The van der Waals surface area contributed by atoms with Gasteiger partial charge in [0.1, 0.15) is 16.9 Å². The molecule has 0 spiro atoms. The van der Waals surface area contributed by atoms with E-state index in [4.69, 9.17) is 21.1 Å². The maximum Gasteiger partial charge on any atom is 0.234 e. The standard InChI is InChI=1S/C22H17ClFN3O3S/c1-29-19-8-4-13(9-20(19)30-2)18-7-3-14(11-25)22(27-18)31-12-21(28)26-15-5-6-17(24)16(23)10-15/h3-10H,12H2,1-2H3,(H,26,28). The molecule has 0 atom stereocenters. The second kappa shape index (κ2) is 10.2. The lowest BCUT2D eigenvalue weighted by molar-refractivity contribution is -0.113. The number of hydrogen-bond donors (Lipinski definition) is 1. The van der Waals surface area contributed by atoms with Gasteiger partial charge < -0.3 is 14.8 Å². The number of nitrogens with one attached hydrogen (secondary N) is 1. The number of nitriles is 1. The first-order valence-electron chi connectivity index (χ1n) is 8.96. The molecule has 0 unspecified atom stereocenters. The van der Waals surface area contributed by atoms with Crippen molar-refractivity contribution in [3.8, 4) is 28.8 Å². The maximum atomic E-state index is 13.3. The summed E-state index contributed by atoms with van der Waals surface area (Å²) in [7, 11) is 3.10. The van der Waals surface area contributed by atoms with Crippen molar-refractivity contribution in [2.24, 2.45) is 0 Å². The number of nitrogens with zero attached hydrogens (tertiary/aromatic N) is 2. The Morgan fingerprint density at radius 2 is 1.94 bits per heavy atom. The van der Waals surface area contributed by atoms with Crippen molar-refractivity contribution in [2.45, 2.75) is 5.03 Å². The zero-order chi connectivity index (χ0) is 22.4. The van der Waals surface area contributed by atoms with Gasteiger partial charge >= 0.3 is 0 Å². The van der Waals surface area contributed by atoms with Gasteiger partial charge in [-0.1, -0.05) is 23.4 Å². The number of thioether (sulfide) groups is 1. The predicted octanol–water partition coefficient (Wildman–Crippen LogP) is 5.16. The summed E-state index contributed by atoms with van der Waals surface area (Å²) in [6.45, 7) is 0. The Balaban J connectivity index is 1.77. The Labute approximate surface area is 188 Å². The first-order chi connectivity index (χ1) is 14.9. The van der Waals surface area contributed by atoms with E-state index in [1.54, 1.807) is 38.5 Å². The minimum absolute atomic E-state index is 0.00601. The number of aromatic nitrogens is 1. The van der Waals surface area contributed by atoms with E-state index in [1.165, 1.54) is 18.2 Å². The van der Waals surface area contributed by atoms with Crippen molar-refractivity contribution in [3.05, 3.63) is 64.9 Å². The molecule has 0 saturated heterocycles. The van der Waals surface area contributed by atoms with Crippen LogP contribution in [-0.4, -0.2) is 30.9 Å². The minimum Gasteiger partial charge on any atom is -0.493 e. The van der Waals surface area contributed by atoms with Crippen LogP contribution < -0.4 is 14.8 Å². The average molecular weight is 458 g/mol. The highest BCUT2D eigenvalue weighted by atomic mass is 35.5. The highest BCUT2D eigenvalue weighted by Crippen LogP contribution is 2.33. The number of pyridine rings is 1. The smallest absolute Gasteiger partial charge is 0.234 e. The highest BCUT2D eigenvalue weighted by molar-refractivity contribution is 8.00. The Morgan fingerprint density at radius 3 is 2.61 bits per heavy atom. The van der Waals surface area contributed by atoms with Crippen LogP contribution in [0.25, 0.3) is 11.3 Å². The van der Waals surface area contributed by atoms with Gasteiger partial charge in [-0.25, -0.2) is 9.37 Å². The number of hydrogen-bond acceptors (Lipinski definition) is 6. The summed E-state index contributed by atoms with van der Waals surface area (Å²) in [5.74, 6) is 0.245. The summed E-state index contributed by atoms with van der Waals surface area (Å²) in [5.41, 5.74) is 2.12. The number of rotatable bonds is 7. The van der Waals surface area contributed by atoms with Crippen LogP contribution in [0.4, 0.5) is 10.1 Å². The van der Waals surface area contributed by atoms with E-state index < -0.39 is 5.82 Å². The summed E-state index contributed by atoms with van der Waals surface area (Å²) >= 11 is 6.86. The van der Waals surface area contributed by atoms with Gasteiger partial charge in [0.25, 0.3) is 0 Å². The van der Waals surface area contributed by atoms with E-state index in [-0.39, 0.29) is 16.7 Å². The number of carbonyl (C=O) groups is 1. The van der Waals surface area contributed by atoms with Crippen molar-refractivity contribution < 1.29 is 18.7 Å². The molecule has 31 heavy (non-hydrogen) atoms. The van der Waals surface area contributed by atoms with Gasteiger partial charge in [-0.05, 0) is 48.5 Å². The lowest BCUT2D eigenvalue weighted by Gasteiger charge is -2.11. The van der Waals surface area contributed by atoms with Crippen LogP contribution in [0.1, 0.15) is 5.56 Å². The van der Waals surface area contributed by atoms with Crippen LogP contribution in [-0.2, 0) is 4.79 Å². The van der Waals surface area contributed by atoms with Gasteiger partial charge in [0, 0.05) is 11.3 Å². The molecular formula is C22H17ClFN3O3S. The summed E-state index contributed by atoms with van der Waals surface area (Å²) in [6, 6.07) is 14.8. The van der Waals surface area contributed by atoms with Crippen molar-refractivity contribution in [1.82, 2.24) is 4.98 Å². The summed E-state index contributed by atoms with van der Waals surface area (Å²) in [4.78, 5) is 16.8. The van der Waals surface area contributed by atoms with Gasteiger partial charge in [-0.15, -0.1) is 0 Å². The second-order valence-corrected chi connectivity index (χ2v) is 7.57. The van der Waals surface area contributed by atoms with Crippen LogP contribution in [0.15, 0.2) is 53.6 Å². The topological polar surface area (TPSA) is 84.2 Å². The largest absolute Gasteiger partial charge is 0.493 e. The molecule has 0 fully saturated rings. The predicted molar refractivity (Wildman–Crippen MR) is 118 cm³/mol. The molecule has 1 aromatic heterocycles. The highest BCUT2D eigenvalue weighted by Gasteiger charge is 2.13. The van der Waals surface area contributed by atoms with E-state index in [2.05, 4.69) is 16.4 Å². The van der Waals surface area contributed by atoms with Gasteiger partial charge in [-0.3, -0.25) is 4.79 Å². The summed E-state index contributed by atoms with van der Waals surface area (Å²) < 4.78 is 23.8. The molecule has 6 nitrogen and oxygen atoms in total. The third-order valence-electron chi connectivity index (χ3n) is 4.20. The molecule has 158 valence electrons. The fourth-order valence-corrected chi connectivity index (χ4v) is 3.65. The molecule has 1 heterocycles. The number of amides is 1. The Kier molecular flexibility index (Phi) is 7.34. The Bertz CT molecular complexity index is 1170. The number of ether oxygens (including phenoxy) is 2. The molecule has 9 heteroatoms. The van der Waals surface area contributed by atoms with E-state index in [1.807, 2.05) is 6.07 Å². The zero-order valence-electron chi connectivity index (χ0n) is 16.6. The number of benzene rings is 2. The van der Waals surface area contributed by atoms with Crippen LogP contribution in [0.2, 0.25) is 5.02 Å². The lowest BCUT2D eigenvalue weighted by Crippen LogP contribution is -2.14. The quantitative estimate of drug-likeness (QED) is 0.493. The molecule has 0 bridgehead atoms. The normalized spacial score (nSPS) is 10.3. The Hall–Kier alpha value is -3.28. The monoisotopic (exact) mass is 457 g/mol. The summed E-state index contributed by atoms with van der Waals surface area (Å²) in [6.07, 6.45) is 0. The number of methoxy groups -OCH3 is 2. The molecule has 0 radical (unpaired) electrons. The van der Waals surface area contributed by atoms with E-state index in [9.17, 15) is 14.4 Å². The molecule has 3 rings (SSSR count). The minimum atomic E-state index is -0.566. The molecule has 1 amide bonds. The fourth-order valence-electron chi connectivity index (χ4n) is 2.70. The molecule has 3 aromatic rings. The van der Waals surface area contributed by atoms with Crippen molar-refractivity contribution in [2.75, 3.05) is 25.3 Å². The lowest BCUT2D eigenvalue weighted by atomic mass is 10.1. The molecule has 0 saturated carbocycles. The summed E-state index contributed by atoms with van der Waals surface area (Å²) in [5, 5.41) is 12.4. The van der Waals surface area contributed by atoms with Crippen LogP contribution in [0.3, 0.4) is 0 Å². The van der Waals surface area contributed by atoms with Gasteiger partial charge in [-0.2, -0.15) is 5.26 Å². The SMILES string of the molecule is COc1ccc(-c2ccc(C#N)c(SCC(=O)Nc3ccc(F)c(Cl)c3)n2)cc1OC. The van der Waals surface area contributed by atoms with Crippen LogP contribution >= 0.6 is 23.4 Å². The molecule has 1 N–H and O–H groups in total. The first-order valence-corrected chi connectivity index (χ1v) is 10.3. The zero-order valence-corrected chi connectivity index (χ0v) is 18.2. The van der Waals surface area contributed by atoms with Crippen LogP contribution in [0, 0.1) is 17.1 Å². The average Bonchev–Trinajstić information content (AvgIpc) is 2.79. The molecule has 0 aliphatic rings. The van der Waals surface area contributed by atoms with E-state index in [0.717, 1.165) is 17.3 Å². The second-order valence-electron chi connectivity index (χ2n) is 6.20. The van der Waals surface area contributed by atoms with Gasteiger partial charge in [0.15, 0.2) is 11.5 Å². The van der Waals surface area contributed by atoms with E-state index >= 15 is 0 Å². The first kappa shape index (κ1) is 22.4. The third kappa shape index (κ3) is 5.45. The van der Waals surface area contributed by atoms with Crippen LogP contribution in [0.5, 0.6) is 11.5 Å². The van der Waals surface area contributed by atoms with Crippen molar-refractivity contribution in [1.29, 1.82) is 5.26 Å². The third-order valence-corrected chi connectivity index (χ3v) is 5.48. The van der Waals surface area contributed by atoms with Crippen molar-refractivity contribution >= 4 is 35.0 Å². The van der Waals surface area contributed by atoms with E-state index in [0.29, 0.717) is 33.5 Å².